The molecule has 0 saturated carbocycles. The smallest absolute Gasteiger partial charge is 0.246 e. The van der Waals surface area contributed by atoms with Gasteiger partial charge in [0.1, 0.15) is 5.21 Å². The third-order valence-corrected chi connectivity index (χ3v) is 3.68. The Morgan fingerprint density at radius 1 is 1.31 bits per heavy atom. The van der Waals surface area contributed by atoms with E-state index in [9.17, 15) is 8.42 Å². The zero-order valence-electron chi connectivity index (χ0n) is 6.50. The number of hydrogen-bond acceptors (Lipinski definition) is 2. The summed E-state index contributed by atoms with van der Waals surface area (Å²) < 4.78 is 25.4. The first kappa shape index (κ1) is 11.1. The van der Waals surface area contributed by atoms with E-state index >= 15 is 0 Å². The van der Waals surface area contributed by atoms with Gasteiger partial charge in [-0.3, -0.25) is 4.72 Å². The third kappa shape index (κ3) is 3.70. The molecule has 72 valence electrons. The Labute approximate surface area is 95.7 Å². The number of sulfonamides is 1. The van der Waals surface area contributed by atoms with Crippen molar-refractivity contribution in [3.05, 3.63) is 27.8 Å². The van der Waals surface area contributed by atoms with Crippen LogP contribution in [0.5, 0.6) is 0 Å². The molecule has 0 aliphatic carbocycles. The summed E-state index contributed by atoms with van der Waals surface area (Å²) in [5, 5.41) is -0.432. The van der Waals surface area contributed by atoms with E-state index in [0.29, 0.717) is 5.69 Å². The van der Waals surface area contributed by atoms with Crippen molar-refractivity contribution in [1.82, 2.24) is 0 Å². The lowest BCUT2D eigenvalue weighted by atomic mass is 10.3. The van der Waals surface area contributed by atoms with E-state index < -0.39 is 15.2 Å². The standard InChI is InChI=1S/C7H7ClINO2S/c8-5-13(11,12)10-7-3-1-6(9)2-4-7/h1-4,10H,5H2. The van der Waals surface area contributed by atoms with E-state index in [2.05, 4.69) is 27.3 Å². The molecule has 0 radical (unpaired) electrons. The fraction of sp³-hybridized carbons (Fsp3) is 0.143. The van der Waals surface area contributed by atoms with Crippen molar-refractivity contribution in [3.63, 3.8) is 0 Å². The molecular formula is C7H7ClINO2S. The van der Waals surface area contributed by atoms with Gasteiger partial charge in [0.15, 0.2) is 0 Å². The first-order valence-electron chi connectivity index (χ1n) is 3.35. The van der Waals surface area contributed by atoms with Crippen LogP contribution in [0.2, 0.25) is 0 Å². The predicted octanol–water partition coefficient (Wildman–Crippen LogP) is 2.23. The van der Waals surface area contributed by atoms with E-state index in [4.69, 9.17) is 11.6 Å². The van der Waals surface area contributed by atoms with E-state index in [1.54, 1.807) is 12.1 Å². The van der Waals surface area contributed by atoms with Crippen LogP contribution in [0.1, 0.15) is 0 Å². The van der Waals surface area contributed by atoms with Crippen molar-refractivity contribution >= 4 is 49.9 Å². The topological polar surface area (TPSA) is 46.2 Å². The highest BCUT2D eigenvalue weighted by atomic mass is 127. The van der Waals surface area contributed by atoms with Crippen LogP contribution in [0.4, 0.5) is 5.69 Å². The van der Waals surface area contributed by atoms with E-state index in [1.807, 2.05) is 12.1 Å². The minimum atomic E-state index is -3.37. The summed E-state index contributed by atoms with van der Waals surface area (Å²) in [6.45, 7) is 0. The third-order valence-electron chi connectivity index (χ3n) is 1.26. The number of rotatable bonds is 3. The molecule has 0 spiro atoms. The van der Waals surface area contributed by atoms with Gasteiger partial charge in [0.25, 0.3) is 0 Å². The number of anilines is 1. The molecule has 0 fully saturated rings. The number of benzene rings is 1. The summed E-state index contributed by atoms with van der Waals surface area (Å²) >= 11 is 7.36. The second kappa shape index (κ2) is 4.47. The van der Waals surface area contributed by atoms with Gasteiger partial charge < -0.3 is 0 Å². The molecule has 0 aliphatic rings. The number of halogens is 2. The summed E-state index contributed by atoms with van der Waals surface area (Å²) in [7, 11) is -3.37. The molecule has 0 bridgehead atoms. The normalized spacial score (nSPS) is 11.2. The van der Waals surface area contributed by atoms with Gasteiger partial charge in [0.2, 0.25) is 10.0 Å². The second-order valence-electron chi connectivity index (χ2n) is 2.33. The van der Waals surface area contributed by atoms with Crippen molar-refractivity contribution in [2.75, 3.05) is 9.93 Å². The summed E-state index contributed by atoms with van der Waals surface area (Å²) in [6.07, 6.45) is 0. The maximum absolute atomic E-state index is 11.0. The quantitative estimate of drug-likeness (QED) is 0.682. The molecule has 0 amide bonds. The van der Waals surface area contributed by atoms with Gasteiger partial charge >= 0.3 is 0 Å². The van der Waals surface area contributed by atoms with Gasteiger partial charge in [-0.25, -0.2) is 8.42 Å². The van der Waals surface area contributed by atoms with E-state index in [-0.39, 0.29) is 0 Å². The minimum absolute atomic E-state index is 0.432. The zero-order chi connectivity index (χ0) is 9.90. The molecule has 0 heterocycles. The van der Waals surface area contributed by atoms with Crippen LogP contribution in [0.3, 0.4) is 0 Å². The molecule has 0 aliphatic heterocycles. The summed E-state index contributed by atoms with van der Waals surface area (Å²) in [6, 6.07) is 7.00. The Kier molecular flexibility index (Phi) is 3.81. The molecule has 0 unspecified atom stereocenters. The lowest BCUT2D eigenvalue weighted by molar-refractivity contribution is 0.605. The fourth-order valence-electron chi connectivity index (χ4n) is 0.725. The van der Waals surface area contributed by atoms with E-state index in [0.717, 1.165) is 3.57 Å². The minimum Gasteiger partial charge on any atom is -0.283 e. The Morgan fingerprint density at radius 2 is 1.85 bits per heavy atom. The predicted molar refractivity (Wildman–Crippen MR) is 62.4 cm³/mol. The molecule has 1 aromatic rings. The highest BCUT2D eigenvalue weighted by molar-refractivity contribution is 14.1. The highest BCUT2D eigenvalue weighted by Gasteiger charge is 2.06. The van der Waals surface area contributed by atoms with Gasteiger partial charge in [0, 0.05) is 9.26 Å². The van der Waals surface area contributed by atoms with Crippen LogP contribution < -0.4 is 4.72 Å². The molecule has 0 atom stereocenters. The van der Waals surface area contributed by atoms with E-state index in [1.165, 1.54) is 0 Å². The van der Waals surface area contributed by atoms with Gasteiger partial charge in [-0.05, 0) is 46.9 Å². The van der Waals surface area contributed by atoms with Crippen molar-refractivity contribution in [3.8, 4) is 0 Å². The molecule has 1 aromatic carbocycles. The summed E-state index contributed by atoms with van der Waals surface area (Å²) in [5.41, 5.74) is 0.529. The largest absolute Gasteiger partial charge is 0.283 e. The first-order valence-corrected chi connectivity index (χ1v) is 6.62. The fourth-order valence-corrected chi connectivity index (χ4v) is 1.80. The van der Waals surface area contributed by atoms with Crippen molar-refractivity contribution in [1.29, 1.82) is 0 Å². The molecule has 0 aromatic heterocycles. The average Bonchev–Trinajstić information content (AvgIpc) is 2.09. The number of alkyl halides is 1. The van der Waals surface area contributed by atoms with Crippen LogP contribution in [0.25, 0.3) is 0 Å². The van der Waals surface area contributed by atoms with Gasteiger partial charge in [-0.2, -0.15) is 0 Å². The number of nitrogens with one attached hydrogen (secondary N) is 1. The van der Waals surface area contributed by atoms with Gasteiger partial charge in [-0.1, -0.05) is 0 Å². The number of hydrogen-bond donors (Lipinski definition) is 1. The second-order valence-corrected chi connectivity index (χ2v) is 5.88. The maximum atomic E-state index is 11.0. The molecule has 6 heteroatoms. The molecule has 1 rings (SSSR count). The van der Waals surface area contributed by atoms with Gasteiger partial charge in [0.05, 0.1) is 0 Å². The maximum Gasteiger partial charge on any atom is 0.246 e. The van der Waals surface area contributed by atoms with Crippen molar-refractivity contribution in [2.24, 2.45) is 0 Å². The lowest BCUT2D eigenvalue weighted by Crippen LogP contribution is -2.13. The van der Waals surface area contributed by atoms with Crippen LogP contribution in [-0.2, 0) is 10.0 Å². The Morgan fingerprint density at radius 3 is 2.31 bits per heavy atom. The first-order chi connectivity index (χ1) is 6.03. The molecule has 3 nitrogen and oxygen atoms in total. The zero-order valence-corrected chi connectivity index (χ0v) is 10.2. The molecule has 0 saturated heterocycles. The monoisotopic (exact) mass is 331 g/mol. The van der Waals surface area contributed by atoms with Crippen molar-refractivity contribution in [2.45, 2.75) is 0 Å². The Bertz CT molecular complexity index is 376. The summed E-state index contributed by atoms with van der Waals surface area (Å²) in [5.74, 6) is 0. The van der Waals surface area contributed by atoms with Crippen LogP contribution in [0.15, 0.2) is 24.3 Å². The van der Waals surface area contributed by atoms with Crippen LogP contribution in [0, 0.1) is 3.57 Å². The summed E-state index contributed by atoms with van der Waals surface area (Å²) in [4.78, 5) is 0. The SMILES string of the molecule is O=S(=O)(CCl)Nc1ccc(I)cc1. The lowest BCUT2D eigenvalue weighted by Gasteiger charge is -2.04. The van der Waals surface area contributed by atoms with Crippen LogP contribution >= 0.6 is 34.2 Å². The van der Waals surface area contributed by atoms with Gasteiger partial charge in [-0.15, -0.1) is 11.6 Å². The molecule has 13 heavy (non-hydrogen) atoms. The molecular weight excluding hydrogens is 325 g/mol. The Hall–Kier alpha value is -0.0100. The molecule has 1 N–H and O–H groups in total. The Balaban J connectivity index is 2.82. The highest BCUT2D eigenvalue weighted by Crippen LogP contribution is 2.12. The van der Waals surface area contributed by atoms with Crippen molar-refractivity contribution < 1.29 is 8.42 Å². The van der Waals surface area contributed by atoms with Crippen LogP contribution in [-0.4, -0.2) is 13.6 Å². The average molecular weight is 332 g/mol.